The predicted octanol–water partition coefficient (Wildman–Crippen LogP) is 1.77. The molecule has 2 aromatic carbocycles. The van der Waals surface area contributed by atoms with E-state index < -0.39 is 70.3 Å². The van der Waals surface area contributed by atoms with Gasteiger partial charge in [-0.05, 0) is 60.6 Å². The monoisotopic (exact) mass is 590 g/mol. The summed E-state index contributed by atoms with van der Waals surface area (Å²) in [5.41, 5.74) is 3.36. The fourth-order valence-corrected chi connectivity index (χ4v) is 6.33. The highest BCUT2D eigenvalue weighted by Gasteiger charge is 2.60. The fraction of sp³-hybridized carbons (Fsp3) is 0.323. The van der Waals surface area contributed by atoms with Crippen LogP contribution >= 0.6 is 0 Å². The van der Waals surface area contributed by atoms with Gasteiger partial charge in [-0.1, -0.05) is 18.2 Å². The van der Waals surface area contributed by atoms with Crippen LogP contribution in [-0.4, -0.2) is 68.5 Å². The van der Waals surface area contributed by atoms with Gasteiger partial charge in [0.25, 0.3) is 11.8 Å². The van der Waals surface area contributed by atoms with Crippen LogP contribution in [0.25, 0.3) is 16.9 Å². The second-order valence-corrected chi connectivity index (χ2v) is 10.8. The first kappa shape index (κ1) is 29.5. The van der Waals surface area contributed by atoms with Crippen molar-refractivity contribution < 1.29 is 49.1 Å². The molecule has 43 heavy (non-hydrogen) atoms. The molecule has 1 fully saturated rings. The number of aliphatic hydroxyl groups excluding tert-OH is 2. The Hall–Kier alpha value is -4.97. The molecule has 3 aliphatic rings. The van der Waals surface area contributed by atoms with Gasteiger partial charge in [-0.3, -0.25) is 24.0 Å². The zero-order valence-corrected chi connectivity index (χ0v) is 23.2. The quantitative estimate of drug-likeness (QED) is 0.203. The van der Waals surface area contributed by atoms with Crippen molar-refractivity contribution in [3.05, 3.63) is 70.0 Å². The van der Waals surface area contributed by atoms with Crippen LogP contribution in [0.2, 0.25) is 0 Å². The number of hydrogen-bond acceptors (Lipinski definition) is 10. The largest absolute Gasteiger partial charge is 0.508 e. The van der Waals surface area contributed by atoms with Crippen LogP contribution in [-0.2, 0) is 30.3 Å². The molecule has 2 aromatic rings. The summed E-state index contributed by atoms with van der Waals surface area (Å²) in [6.45, 7) is 2.00. The number of benzene rings is 2. The molecular weight excluding hydrogens is 560 g/mol. The van der Waals surface area contributed by atoms with E-state index in [0.29, 0.717) is 22.3 Å². The molecule has 0 bridgehead atoms. The van der Waals surface area contributed by atoms with E-state index >= 15 is 0 Å². The number of Topliss-reactive ketones (excluding diaryl/α,β-unsaturated/α-hetero) is 2. The lowest BCUT2D eigenvalue weighted by Gasteiger charge is -2.46. The normalized spacial score (nSPS) is 22.8. The number of primary amides is 1. The van der Waals surface area contributed by atoms with Gasteiger partial charge in [-0.15, -0.1) is 0 Å². The number of phenols is 1. The maximum atomic E-state index is 13.7. The van der Waals surface area contributed by atoms with Crippen LogP contribution < -0.4 is 11.1 Å². The van der Waals surface area contributed by atoms with Gasteiger partial charge in [0.2, 0.25) is 5.78 Å². The molecule has 0 unspecified atom stereocenters. The molecule has 224 valence electrons. The van der Waals surface area contributed by atoms with Crippen molar-refractivity contribution in [1.29, 1.82) is 0 Å². The first-order valence-electron chi connectivity index (χ1n) is 13.8. The van der Waals surface area contributed by atoms with E-state index in [-0.39, 0.29) is 49.3 Å². The maximum Gasteiger partial charge on any atom is 0.307 e. The van der Waals surface area contributed by atoms with Crippen molar-refractivity contribution in [2.75, 3.05) is 13.2 Å². The number of carbonyl (C=O) groups is 5. The van der Waals surface area contributed by atoms with E-state index in [1.54, 1.807) is 37.3 Å². The standard InChI is InChI=1S/C31H30N2O10/c1-2-43-22(36)8-9-33-30(41)15-5-3-4-14(10-15)18-6-7-20(34)24-19(18)12-16-11-17-13-21(35)25(29(32)40)28(39)31(17,42)27(38)23(16)26(24)37/h3-7,10,16-17,34,37,39,42H,2,8-9,11-13H2,1H3,(H2,32,40)(H,33,41)/t16-,17+,31+/m1/s1. The Labute approximate surface area is 245 Å². The van der Waals surface area contributed by atoms with E-state index in [1.807, 2.05) is 0 Å². The van der Waals surface area contributed by atoms with Crippen molar-refractivity contribution in [2.45, 2.75) is 38.2 Å². The summed E-state index contributed by atoms with van der Waals surface area (Å²) < 4.78 is 4.86. The molecule has 0 radical (unpaired) electrons. The number of nitrogens with two attached hydrogens (primary N) is 1. The van der Waals surface area contributed by atoms with E-state index in [0.717, 1.165) is 0 Å². The van der Waals surface area contributed by atoms with Crippen LogP contribution in [0.15, 0.2) is 53.3 Å². The summed E-state index contributed by atoms with van der Waals surface area (Å²) in [5, 5.41) is 46.9. The smallest absolute Gasteiger partial charge is 0.307 e. The molecule has 0 aliphatic heterocycles. The Morgan fingerprint density at radius 2 is 1.84 bits per heavy atom. The van der Waals surface area contributed by atoms with Gasteiger partial charge in [0.05, 0.1) is 18.6 Å². The highest BCUT2D eigenvalue weighted by atomic mass is 16.5. The van der Waals surface area contributed by atoms with Crippen molar-refractivity contribution in [2.24, 2.45) is 17.6 Å². The maximum absolute atomic E-state index is 13.7. The molecule has 5 rings (SSSR count). The van der Waals surface area contributed by atoms with Crippen molar-refractivity contribution in [3.63, 3.8) is 0 Å². The number of ether oxygens (including phenoxy) is 1. The van der Waals surface area contributed by atoms with Crippen molar-refractivity contribution in [1.82, 2.24) is 5.32 Å². The molecule has 2 amide bonds. The third kappa shape index (κ3) is 4.83. The molecule has 0 aromatic heterocycles. The summed E-state index contributed by atoms with van der Waals surface area (Å²) in [4.78, 5) is 62.4. The highest BCUT2D eigenvalue weighted by molar-refractivity contribution is 6.22. The van der Waals surface area contributed by atoms with Gasteiger partial charge in [0.1, 0.15) is 22.8 Å². The average molecular weight is 591 g/mol. The number of carbonyl (C=O) groups excluding carboxylic acids is 5. The van der Waals surface area contributed by atoms with Gasteiger partial charge < -0.3 is 36.2 Å². The van der Waals surface area contributed by atoms with E-state index in [9.17, 15) is 44.4 Å². The number of phenolic OH excluding ortho intramolecular Hbond substituents is 1. The highest BCUT2D eigenvalue weighted by Crippen LogP contribution is 2.53. The van der Waals surface area contributed by atoms with Gasteiger partial charge in [-0.2, -0.15) is 0 Å². The van der Waals surface area contributed by atoms with Crippen LogP contribution in [0.4, 0.5) is 0 Å². The SMILES string of the molecule is CCOC(=O)CCNC(=O)c1cccc(-c2ccc(O)c3c2C[C@H]2C[C@H]4CC(=O)C(C(N)=O)=C(O)[C@@]4(O)C(=O)C2=C3O)c1. The van der Waals surface area contributed by atoms with Gasteiger partial charge in [-0.25, -0.2) is 0 Å². The van der Waals surface area contributed by atoms with Crippen LogP contribution in [0.1, 0.15) is 47.7 Å². The molecule has 7 N–H and O–H groups in total. The van der Waals surface area contributed by atoms with Crippen LogP contribution in [0.3, 0.4) is 0 Å². The number of nitrogens with one attached hydrogen (secondary N) is 1. The second-order valence-electron chi connectivity index (χ2n) is 10.8. The molecule has 0 saturated heterocycles. The Kier molecular flexibility index (Phi) is 7.57. The Morgan fingerprint density at radius 3 is 2.53 bits per heavy atom. The van der Waals surface area contributed by atoms with Crippen molar-refractivity contribution in [3.8, 4) is 16.9 Å². The third-order valence-electron chi connectivity index (χ3n) is 8.30. The predicted molar refractivity (Wildman–Crippen MR) is 150 cm³/mol. The number of ketones is 2. The summed E-state index contributed by atoms with van der Waals surface area (Å²) >= 11 is 0. The summed E-state index contributed by atoms with van der Waals surface area (Å²) in [6.07, 6.45) is -0.283. The minimum absolute atomic E-state index is 0.000915. The topological polar surface area (TPSA) is 214 Å². The molecule has 3 atom stereocenters. The first-order valence-corrected chi connectivity index (χ1v) is 13.8. The van der Waals surface area contributed by atoms with E-state index in [2.05, 4.69) is 5.32 Å². The fourth-order valence-electron chi connectivity index (χ4n) is 6.33. The summed E-state index contributed by atoms with van der Waals surface area (Å²) in [7, 11) is 0. The van der Waals surface area contributed by atoms with Gasteiger partial charge >= 0.3 is 5.97 Å². The summed E-state index contributed by atoms with van der Waals surface area (Å²) in [5.74, 6) is -7.86. The molecule has 1 saturated carbocycles. The summed E-state index contributed by atoms with van der Waals surface area (Å²) in [6, 6.07) is 9.53. The molecule has 0 spiro atoms. The van der Waals surface area contributed by atoms with Crippen molar-refractivity contribution >= 4 is 35.1 Å². The lowest BCUT2D eigenvalue weighted by atomic mass is 9.59. The minimum atomic E-state index is -2.64. The Bertz CT molecular complexity index is 1660. The number of aliphatic hydroxyl groups is 3. The number of amides is 2. The number of fused-ring (bicyclic) bond motifs is 3. The van der Waals surface area contributed by atoms with E-state index in [4.69, 9.17) is 10.5 Å². The molecular formula is C31H30N2O10. The van der Waals surface area contributed by atoms with Crippen LogP contribution in [0.5, 0.6) is 5.75 Å². The minimum Gasteiger partial charge on any atom is -0.508 e. The zero-order chi connectivity index (χ0) is 31.2. The third-order valence-corrected chi connectivity index (χ3v) is 8.30. The number of rotatable bonds is 7. The molecule has 12 heteroatoms. The zero-order valence-electron chi connectivity index (χ0n) is 23.2. The van der Waals surface area contributed by atoms with Gasteiger partial charge in [0.15, 0.2) is 11.4 Å². The average Bonchev–Trinajstić information content (AvgIpc) is 2.95. The molecule has 0 heterocycles. The molecule has 12 nitrogen and oxygen atoms in total. The lowest BCUT2D eigenvalue weighted by molar-refractivity contribution is -0.147. The van der Waals surface area contributed by atoms with Crippen LogP contribution in [0, 0.1) is 11.8 Å². The Balaban J connectivity index is 1.52. The second kappa shape index (κ2) is 11.0. The molecule has 3 aliphatic carbocycles. The lowest BCUT2D eigenvalue weighted by Crippen LogP contribution is -2.58. The Morgan fingerprint density at radius 1 is 1.09 bits per heavy atom. The number of hydrogen-bond donors (Lipinski definition) is 6. The first-order chi connectivity index (χ1) is 20.4. The number of aromatic hydroxyl groups is 1. The number of esters is 1. The van der Waals surface area contributed by atoms with E-state index in [1.165, 1.54) is 6.07 Å². The van der Waals surface area contributed by atoms with Gasteiger partial charge in [0, 0.05) is 30.0 Å².